The van der Waals surface area contributed by atoms with Gasteiger partial charge in [0.1, 0.15) is 17.2 Å². The molecule has 2 atom stereocenters. The number of carbonyl (C=O) groups excluding carboxylic acids is 2. The Kier molecular flexibility index (Phi) is 14.3. The van der Waals surface area contributed by atoms with Gasteiger partial charge in [-0.2, -0.15) is 0 Å². The van der Waals surface area contributed by atoms with Crippen LogP contribution >= 0.6 is 0 Å². The van der Waals surface area contributed by atoms with Crippen molar-refractivity contribution in [1.82, 2.24) is 11.1 Å². The van der Waals surface area contributed by atoms with Crippen LogP contribution in [0.5, 0.6) is 17.2 Å². The van der Waals surface area contributed by atoms with E-state index in [9.17, 15) is 23.1 Å². The molecule has 0 fully saturated rings. The van der Waals surface area contributed by atoms with E-state index in [-0.39, 0.29) is 32.1 Å². The SMILES string of the molecule is CCCCCCCCC(Oc1ccc(S(=O)(=O)c2ccc(O)cc2)cc1)C(=O)NC(Oc1ccc(C(C)(C)CC)cc1C(C)(C)CC)C([NH])=O. The van der Waals surface area contributed by atoms with Crippen LogP contribution in [0.4, 0.5) is 0 Å². The average molecular weight is 708 g/mol. The smallest absolute Gasteiger partial charge is 0.300 e. The number of phenols is 1. The van der Waals surface area contributed by atoms with E-state index in [0.717, 1.165) is 56.1 Å². The van der Waals surface area contributed by atoms with Crippen molar-refractivity contribution >= 4 is 21.7 Å². The number of unbranched alkanes of at least 4 members (excludes halogenated alkanes) is 5. The molecule has 3 aromatic rings. The topological polar surface area (TPSA) is 143 Å². The lowest BCUT2D eigenvalue weighted by atomic mass is 9.76. The zero-order valence-electron chi connectivity index (χ0n) is 30.7. The molecular formula is C40H55N2O7S. The summed E-state index contributed by atoms with van der Waals surface area (Å²) in [5.74, 6) is -1.04. The number of hydrogen-bond acceptors (Lipinski definition) is 7. The van der Waals surface area contributed by atoms with Crippen LogP contribution in [-0.2, 0) is 30.3 Å². The molecule has 2 unspecified atom stereocenters. The molecule has 50 heavy (non-hydrogen) atoms. The highest BCUT2D eigenvalue weighted by Crippen LogP contribution is 2.39. The van der Waals surface area contributed by atoms with E-state index < -0.39 is 34.0 Å². The predicted octanol–water partition coefficient (Wildman–Crippen LogP) is 8.43. The van der Waals surface area contributed by atoms with Crippen LogP contribution in [0.15, 0.2) is 76.5 Å². The minimum Gasteiger partial charge on any atom is -0.508 e. The molecule has 0 aliphatic carbocycles. The van der Waals surface area contributed by atoms with Gasteiger partial charge >= 0.3 is 5.91 Å². The van der Waals surface area contributed by atoms with E-state index in [2.05, 4.69) is 59.8 Å². The van der Waals surface area contributed by atoms with Gasteiger partial charge in [-0.25, -0.2) is 8.42 Å². The third kappa shape index (κ3) is 10.7. The number of rotatable bonds is 20. The molecule has 0 heterocycles. The summed E-state index contributed by atoms with van der Waals surface area (Å²) < 4.78 is 38.5. The second kappa shape index (κ2) is 17.7. The summed E-state index contributed by atoms with van der Waals surface area (Å²) in [6.07, 6.45) is 5.45. The Balaban J connectivity index is 1.86. The highest BCUT2D eigenvalue weighted by Gasteiger charge is 2.31. The molecular weight excluding hydrogens is 653 g/mol. The molecule has 2 amide bonds. The molecule has 10 heteroatoms. The maximum absolute atomic E-state index is 13.8. The van der Waals surface area contributed by atoms with E-state index in [1.807, 2.05) is 12.1 Å². The molecule has 0 saturated heterocycles. The third-order valence-electron chi connectivity index (χ3n) is 9.69. The van der Waals surface area contributed by atoms with Crippen molar-refractivity contribution in [2.45, 2.75) is 139 Å². The van der Waals surface area contributed by atoms with Gasteiger partial charge in [-0.1, -0.05) is 92.7 Å². The van der Waals surface area contributed by atoms with Gasteiger partial charge in [0.2, 0.25) is 9.84 Å². The van der Waals surface area contributed by atoms with Crippen LogP contribution in [-0.4, -0.2) is 37.7 Å². The number of amides is 2. The van der Waals surface area contributed by atoms with Gasteiger partial charge in [0.05, 0.1) is 9.79 Å². The molecule has 0 aromatic heterocycles. The average Bonchev–Trinajstić information content (AvgIpc) is 3.09. The molecule has 0 aliphatic rings. The summed E-state index contributed by atoms with van der Waals surface area (Å²) in [7, 11) is -3.85. The van der Waals surface area contributed by atoms with Crippen molar-refractivity contribution in [3.63, 3.8) is 0 Å². The normalized spacial score (nSPS) is 13.3. The Morgan fingerprint density at radius 2 is 1.34 bits per heavy atom. The summed E-state index contributed by atoms with van der Waals surface area (Å²) in [4.78, 5) is 26.4. The molecule has 273 valence electrons. The van der Waals surface area contributed by atoms with Crippen LogP contribution in [0.2, 0.25) is 0 Å². The molecule has 0 saturated carbocycles. The molecule has 0 spiro atoms. The van der Waals surface area contributed by atoms with Crippen molar-refractivity contribution < 1.29 is 32.6 Å². The molecule has 3 aromatic carbocycles. The Bertz CT molecular complexity index is 1670. The molecule has 1 radical (unpaired) electrons. The number of phenolic OH excluding ortho intramolecular Hbond substituents is 1. The van der Waals surface area contributed by atoms with E-state index in [1.54, 1.807) is 0 Å². The number of benzene rings is 3. The third-order valence-corrected chi connectivity index (χ3v) is 11.5. The van der Waals surface area contributed by atoms with Crippen molar-refractivity contribution in [2.24, 2.45) is 0 Å². The first-order chi connectivity index (χ1) is 23.5. The monoisotopic (exact) mass is 707 g/mol. The predicted molar refractivity (Wildman–Crippen MR) is 196 cm³/mol. The fraction of sp³-hybridized carbons (Fsp3) is 0.500. The highest BCUT2D eigenvalue weighted by molar-refractivity contribution is 7.91. The fourth-order valence-corrected chi connectivity index (χ4v) is 6.71. The quantitative estimate of drug-likeness (QED) is 0.0886. The van der Waals surface area contributed by atoms with Gasteiger partial charge in [-0.05, 0) is 96.7 Å². The fourth-order valence-electron chi connectivity index (χ4n) is 5.45. The van der Waals surface area contributed by atoms with Crippen LogP contribution in [0.1, 0.15) is 117 Å². The summed E-state index contributed by atoms with van der Waals surface area (Å²) in [6.45, 7) is 14.9. The van der Waals surface area contributed by atoms with Crippen molar-refractivity contribution in [3.05, 3.63) is 77.9 Å². The van der Waals surface area contributed by atoms with Crippen LogP contribution in [0.3, 0.4) is 0 Å². The zero-order valence-corrected chi connectivity index (χ0v) is 31.5. The maximum atomic E-state index is 13.8. The number of aromatic hydroxyl groups is 1. The number of carbonyl (C=O) groups is 2. The zero-order chi connectivity index (χ0) is 37.1. The van der Waals surface area contributed by atoms with Crippen molar-refractivity contribution in [2.75, 3.05) is 0 Å². The first-order valence-corrected chi connectivity index (χ1v) is 19.2. The van der Waals surface area contributed by atoms with E-state index in [4.69, 9.17) is 15.2 Å². The minimum absolute atomic E-state index is 0.0277. The molecule has 0 aliphatic heterocycles. The minimum atomic E-state index is -3.85. The standard InChI is InChI=1S/C40H55N2O7S/c1-8-11-12-13-14-15-16-35(48-30-20-24-32(25-21-30)50(46,47)31-22-18-29(43)19-23-31)37(45)42-38(36(41)44)49-34-26-17-28(39(4,5)9-2)27-33(34)40(6,7)10-3/h17-27,35,38,41,43H,8-16H2,1-7H3,(H,42,45). The van der Waals surface area contributed by atoms with E-state index >= 15 is 0 Å². The second-order valence-electron chi connectivity index (χ2n) is 14.2. The first kappa shape index (κ1) is 40.4. The number of sulfone groups is 1. The Labute approximate surface area is 298 Å². The Morgan fingerprint density at radius 1 is 0.780 bits per heavy atom. The van der Waals surface area contributed by atoms with Gasteiger partial charge < -0.3 is 19.9 Å². The summed E-state index contributed by atoms with van der Waals surface area (Å²) in [6, 6.07) is 16.9. The Morgan fingerprint density at radius 3 is 1.90 bits per heavy atom. The van der Waals surface area contributed by atoms with E-state index in [1.165, 1.54) is 48.5 Å². The molecule has 0 bridgehead atoms. The van der Waals surface area contributed by atoms with Gasteiger partial charge in [0, 0.05) is 5.56 Å². The first-order valence-electron chi connectivity index (χ1n) is 17.7. The van der Waals surface area contributed by atoms with Crippen molar-refractivity contribution in [1.29, 1.82) is 0 Å². The lowest BCUT2D eigenvalue weighted by molar-refractivity contribution is -0.137. The molecule has 9 nitrogen and oxygen atoms in total. The number of hydrogen-bond donors (Lipinski definition) is 2. The molecule has 3 N–H and O–H groups in total. The van der Waals surface area contributed by atoms with Gasteiger partial charge in [-0.15, -0.1) is 0 Å². The summed E-state index contributed by atoms with van der Waals surface area (Å²) in [5.41, 5.74) is 9.63. The second-order valence-corrected chi connectivity index (χ2v) is 16.1. The maximum Gasteiger partial charge on any atom is 0.300 e. The van der Waals surface area contributed by atoms with Crippen LogP contribution in [0.25, 0.3) is 0 Å². The largest absolute Gasteiger partial charge is 0.508 e. The van der Waals surface area contributed by atoms with Gasteiger partial charge in [0.25, 0.3) is 12.1 Å². The van der Waals surface area contributed by atoms with Gasteiger partial charge in [0.15, 0.2) is 6.10 Å². The summed E-state index contributed by atoms with van der Waals surface area (Å²) >= 11 is 0. The number of ether oxygens (including phenoxy) is 2. The van der Waals surface area contributed by atoms with Gasteiger partial charge in [-0.3, -0.25) is 15.3 Å². The lowest BCUT2D eigenvalue weighted by Gasteiger charge is -2.31. The molecule has 3 rings (SSSR count). The van der Waals surface area contributed by atoms with E-state index in [0.29, 0.717) is 18.6 Å². The van der Waals surface area contributed by atoms with Crippen LogP contribution < -0.4 is 20.5 Å². The Hall–Kier alpha value is -4.05. The number of nitrogens with one attached hydrogen (secondary N) is 2. The highest BCUT2D eigenvalue weighted by atomic mass is 32.2. The van der Waals surface area contributed by atoms with Crippen molar-refractivity contribution in [3.8, 4) is 17.2 Å². The summed E-state index contributed by atoms with van der Waals surface area (Å²) in [5, 5.41) is 12.2. The van der Waals surface area contributed by atoms with Crippen LogP contribution in [0, 0.1) is 0 Å². The lowest BCUT2D eigenvalue weighted by Crippen LogP contribution is -2.50.